The summed E-state index contributed by atoms with van der Waals surface area (Å²) in [4.78, 5) is 0. The van der Waals surface area contributed by atoms with E-state index in [2.05, 4.69) is 6.07 Å². The lowest BCUT2D eigenvalue weighted by molar-refractivity contribution is 0.308. The fourth-order valence-electron chi connectivity index (χ4n) is 1.74. The van der Waals surface area contributed by atoms with Crippen LogP contribution in [0.5, 0.6) is 0 Å². The summed E-state index contributed by atoms with van der Waals surface area (Å²) < 4.78 is 7.31. The Balaban J connectivity index is 0.000000771. The molecule has 1 aromatic carbocycles. The smallest absolute Gasteiger partial charge is 0.199 e. The summed E-state index contributed by atoms with van der Waals surface area (Å²) in [5.41, 5.74) is 1.99. The van der Waals surface area contributed by atoms with E-state index < -0.39 is 6.10 Å². The van der Waals surface area contributed by atoms with Crippen molar-refractivity contribution in [3.63, 3.8) is 0 Å². The summed E-state index contributed by atoms with van der Waals surface area (Å²) in [5.74, 6) is 0. The number of aromatic nitrogens is 1. The Morgan fingerprint density at radius 3 is 2.61 bits per heavy atom. The minimum absolute atomic E-state index is 0.528. The molecule has 0 fully saturated rings. The first-order valence-electron chi connectivity index (χ1n) is 5.66. The van der Waals surface area contributed by atoms with Crippen molar-refractivity contribution in [3.05, 3.63) is 36.0 Å². The summed E-state index contributed by atoms with van der Waals surface area (Å²) in [6.07, 6.45) is -0.528. The molecule has 18 heavy (non-hydrogen) atoms. The predicted molar refractivity (Wildman–Crippen MR) is 85.3 cm³/mol. The van der Waals surface area contributed by atoms with E-state index in [1.54, 1.807) is 0 Å². The van der Waals surface area contributed by atoms with Crippen molar-refractivity contribution >= 4 is 41.3 Å². The zero-order valence-corrected chi connectivity index (χ0v) is 13.5. The molecule has 5 heteroatoms. The van der Waals surface area contributed by atoms with Crippen LogP contribution >= 0.6 is 30.4 Å². The molecule has 2 aromatic rings. The highest BCUT2D eigenvalue weighted by Gasteiger charge is 2.16. The first-order valence-corrected chi connectivity index (χ1v) is 8.94. The lowest BCUT2D eigenvalue weighted by Gasteiger charge is -2.08. The van der Waals surface area contributed by atoms with Crippen molar-refractivity contribution in [2.24, 2.45) is 7.05 Å². The number of nitrogens with zero attached hydrogens (tertiary/aromatic N) is 2. The highest BCUT2D eigenvalue weighted by atomic mass is 127. The molecule has 0 radical (unpaired) electrons. The van der Waals surface area contributed by atoms with Crippen molar-refractivity contribution in [1.29, 1.82) is 5.26 Å². The van der Waals surface area contributed by atoms with Crippen LogP contribution in [-0.2, 0) is 11.2 Å². The van der Waals surface area contributed by atoms with E-state index in [9.17, 15) is 0 Å². The molecule has 0 spiro atoms. The Morgan fingerprint density at radius 2 is 2.06 bits per heavy atom. The molecule has 0 aliphatic heterocycles. The number of hydrogen-bond acceptors (Lipinski definition) is 3. The molecule has 1 unspecified atom stereocenters. The highest BCUT2D eigenvalue weighted by molar-refractivity contribution is 14.2. The van der Waals surface area contributed by atoms with Crippen LogP contribution in [0.1, 0.15) is 25.6 Å². The van der Waals surface area contributed by atoms with Crippen molar-refractivity contribution < 1.29 is 4.18 Å². The predicted octanol–water partition coefficient (Wildman–Crippen LogP) is 4.78. The van der Waals surface area contributed by atoms with E-state index in [0.29, 0.717) is 0 Å². The maximum Gasteiger partial charge on any atom is 0.199 e. The second kappa shape index (κ2) is 7.67. The maximum atomic E-state index is 9.06. The van der Waals surface area contributed by atoms with Gasteiger partial charge in [-0.1, -0.05) is 32.0 Å². The largest absolute Gasteiger partial charge is 0.344 e. The standard InChI is InChI=1S/C11H9IN2OS.C2H6/c1-14-9-5-3-2-4-8(9)6-10(14)11(7-13)15-16-12;1-2/h2-6,11H,1H3;1-2H3. The number of para-hydroxylation sites is 1. The van der Waals surface area contributed by atoms with Gasteiger partial charge in [0, 0.05) is 33.8 Å². The minimum Gasteiger partial charge on any atom is -0.344 e. The monoisotopic (exact) mass is 374 g/mol. The van der Waals surface area contributed by atoms with E-state index in [1.165, 1.54) is 9.21 Å². The molecule has 1 aromatic heterocycles. The lowest BCUT2D eigenvalue weighted by Crippen LogP contribution is -2.02. The number of fused-ring (bicyclic) bond motifs is 1. The van der Waals surface area contributed by atoms with E-state index >= 15 is 0 Å². The van der Waals surface area contributed by atoms with Crippen molar-refractivity contribution in [2.75, 3.05) is 0 Å². The Bertz CT molecular complexity index is 547. The van der Waals surface area contributed by atoms with Gasteiger partial charge in [0.05, 0.1) is 14.9 Å². The number of benzene rings is 1. The Labute approximate surface area is 124 Å². The molecule has 1 atom stereocenters. The molecular formula is C13H15IN2OS. The molecule has 2 rings (SSSR count). The lowest BCUT2D eigenvalue weighted by atomic mass is 10.2. The highest BCUT2D eigenvalue weighted by Crippen LogP contribution is 2.29. The van der Waals surface area contributed by atoms with Gasteiger partial charge in [-0.15, -0.1) is 0 Å². The third-order valence-electron chi connectivity index (χ3n) is 2.51. The average Bonchev–Trinajstić information content (AvgIpc) is 2.76. The molecule has 3 nitrogen and oxygen atoms in total. The molecule has 0 saturated heterocycles. The first kappa shape index (κ1) is 15.3. The quantitative estimate of drug-likeness (QED) is 0.573. The first-order chi connectivity index (χ1) is 8.77. The summed E-state index contributed by atoms with van der Waals surface area (Å²) in [5, 5.41) is 10.2. The van der Waals surface area contributed by atoms with Crippen molar-refractivity contribution in [1.82, 2.24) is 4.57 Å². The molecule has 1 heterocycles. The van der Waals surface area contributed by atoms with Crippen LogP contribution in [0.3, 0.4) is 0 Å². The van der Waals surface area contributed by atoms with Gasteiger partial charge in [-0.2, -0.15) is 5.26 Å². The number of aryl methyl sites for hydroxylation is 1. The van der Waals surface area contributed by atoms with Gasteiger partial charge in [0.25, 0.3) is 0 Å². The van der Waals surface area contributed by atoms with Crippen LogP contribution in [0.2, 0.25) is 0 Å². The number of rotatable bonds is 3. The Hall–Kier alpha value is -0.710. The fraction of sp³-hybridized carbons (Fsp3) is 0.308. The molecule has 96 valence electrons. The van der Waals surface area contributed by atoms with Gasteiger partial charge in [0.15, 0.2) is 6.10 Å². The van der Waals surface area contributed by atoms with E-state index in [1.807, 2.05) is 77.0 Å². The second-order valence-corrected chi connectivity index (χ2v) is 4.75. The van der Waals surface area contributed by atoms with Crippen LogP contribution in [0.25, 0.3) is 10.9 Å². The van der Waals surface area contributed by atoms with Gasteiger partial charge in [-0.3, -0.25) is 4.18 Å². The van der Waals surface area contributed by atoms with Gasteiger partial charge >= 0.3 is 0 Å². The number of hydrogen-bond donors (Lipinski definition) is 0. The van der Waals surface area contributed by atoms with Crippen LogP contribution < -0.4 is 0 Å². The normalized spacial score (nSPS) is 11.5. The number of nitriles is 1. The summed E-state index contributed by atoms with van der Waals surface area (Å²) in [7, 11) is 3.13. The molecule has 0 amide bonds. The van der Waals surface area contributed by atoms with E-state index in [0.717, 1.165) is 16.6 Å². The fourth-order valence-corrected chi connectivity index (χ4v) is 2.57. The van der Waals surface area contributed by atoms with Crippen molar-refractivity contribution in [3.8, 4) is 6.07 Å². The van der Waals surface area contributed by atoms with Gasteiger partial charge in [-0.05, 0) is 17.5 Å². The average molecular weight is 374 g/mol. The summed E-state index contributed by atoms with van der Waals surface area (Å²) in [6.45, 7) is 4.00. The molecular weight excluding hydrogens is 359 g/mol. The third-order valence-corrected chi connectivity index (χ3v) is 3.40. The zero-order valence-electron chi connectivity index (χ0n) is 10.6. The van der Waals surface area contributed by atoms with Crippen LogP contribution in [-0.4, -0.2) is 4.57 Å². The Kier molecular flexibility index (Phi) is 6.54. The van der Waals surface area contributed by atoms with Gasteiger partial charge < -0.3 is 4.57 Å². The maximum absolute atomic E-state index is 9.06. The molecule has 0 saturated carbocycles. The minimum atomic E-state index is -0.528. The third kappa shape index (κ3) is 3.19. The van der Waals surface area contributed by atoms with Crippen LogP contribution in [0.15, 0.2) is 30.3 Å². The second-order valence-electron chi connectivity index (χ2n) is 3.36. The summed E-state index contributed by atoms with van der Waals surface area (Å²) >= 11 is 2.02. The Morgan fingerprint density at radius 1 is 1.39 bits per heavy atom. The van der Waals surface area contributed by atoms with Gasteiger partial charge in [0.1, 0.15) is 6.07 Å². The van der Waals surface area contributed by atoms with Crippen LogP contribution in [0.4, 0.5) is 0 Å². The number of halogens is 1. The zero-order chi connectivity index (χ0) is 13.5. The summed E-state index contributed by atoms with van der Waals surface area (Å²) in [6, 6.07) is 12.2. The van der Waals surface area contributed by atoms with Gasteiger partial charge in [0.2, 0.25) is 0 Å². The molecule has 0 N–H and O–H groups in total. The van der Waals surface area contributed by atoms with Crippen molar-refractivity contribution in [2.45, 2.75) is 20.0 Å². The topological polar surface area (TPSA) is 38.0 Å². The van der Waals surface area contributed by atoms with E-state index in [-0.39, 0.29) is 0 Å². The van der Waals surface area contributed by atoms with E-state index in [4.69, 9.17) is 9.44 Å². The SMILES string of the molecule is CC.Cn1c(C(C#N)OSI)cc2ccccc21. The van der Waals surface area contributed by atoms with Crippen LogP contribution in [0, 0.1) is 11.3 Å². The van der Waals surface area contributed by atoms with Gasteiger partial charge in [-0.25, -0.2) is 0 Å². The molecule has 0 bridgehead atoms. The molecule has 0 aliphatic carbocycles. The molecule has 0 aliphatic rings.